The molecule has 12 nitrogen and oxygen atoms in total. The van der Waals surface area contributed by atoms with Crippen molar-refractivity contribution in [3.8, 4) is 0 Å². The first-order chi connectivity index (χ1) is 35.6. The van der Waals surface area contributed by atoms with Crippen molar-refractivity contribution in [2.45, 2.75) is 302 Å². The summed E-state index contributed by atoms with van der Waals surface area (Å²) in [4.78, 5) is 51.0. The van der Waals surface area contributed by atoms with Gasteiger partial charge in [0.25, 0.3) is 0 Å². The third-order valence-electron chi connectivity index (χ3n) is 13.3. The van der Waals surface area contributed by atoms with Crippen molar-refractivity contribution in [1.82, 2.24) is 0 Å². The second-order valence-electron chi connectivity index (χ2n) is 20.3. The Morgan fingerprint density at radius 1 is 0.452 bits per heavy atom. The Kier molecular flexibility index (Phi) is 45.9. The Balaban J connectivity index is 2.67. The molecule has 0 aliphatic carbocycles. The highest BCUT2D eigenvalue weighted by Gasteiger charge is 2.50. The molecule has 0 aromatic rings. The van der Waals surface area contributed by atoms with Crippen molar-refractivity contribution >= 4 is 23.9 Å². The van der Waals surface area contributed by atoms with E-state index in [0.717, 1.165) is 109 Å². The molecule has 0 radical (unpaired) electrons. The molecule has 1 aliphatic heterocycles. The number of aliphatic carboxylic acids is 1. The summed E-state index contributed by atoms with van der Waals surface area (Å²) in [5.41, 5.74) is 0. The number of allylic oxidation sites excluding steroid dienone is 8. The lowest BCUT2D eigenvalue weighted by atomic mass is 9.98. The molecule has 0 saturated carbocycles. The molecule has 0 aromatic carbocycles. The zero-order valence-corrected chi connectivity index (χ0v) is 46.4. The molecule has 6 unspecified atom stereocenters. The van der Waals surface area contributed by atoms with Crippen molar-refractivity contribution in [1.29, 1.82) is 0 Å². The van der Waals surface area contributed by atoms with Crippen LogP contribution in [0.25, 0.3) is 0 Å². The Labute approximate surface area is 443 Å². The second kappa shape index (κ2) is 49.6. The maximum Gasteiger partial charge on any atom is 0.335 e. The summed E-state index contributed by atoms with van der Waals surface area (Å²) in [6.45, 7) is 5.90. The SMILES string of the molecule is CCCC/C=C\CCCCCCCC(=O)OC1C(OCC(COC(=O)CCCCCCCCCCC/C=C\C/C=C\CCCCC)OC(=O)CCCCCCC/C=C\CCCCCC)OC(C(=O)O)C(O)C1O. The van der Waals surface area contributed by atoms with E-state index in [4.69, 9.17) is 23.7 Å². The number of ether oxygens (including phenoxy) is 5. The average molecular weight is 1030 g/mol. The minimum atomic E-state index is -1.90. The molecule has 0 amide bonds. The summed E-state index contributed by atoms with van der Waals surface area (Å²) < 4.78 is 28.4. The molecule has 422 valence electrons. The van der Waals surface area contributed by atoms with Crippen molar-refractivity contribution in [2.24, 2.45) is 0 Å². The van der Waals surface area contributed by atoms with E-state index in [1.807, 2.05) is 0 Å². The number of rotatable bonds is 50. The Hall–Kier alpha value is -3.32. The summed E-state index contributed by atoms with van der Waals surface area (Å²) >= 11 is 0. The molecule has 1 saturated heterocycles. The molecule has 6 atom stereocenters. The molecule has 1 fully saturated rings. The van der Waals surface area contributed by atoms with Gasteiger partial charge in [0.05, 0.1) is 6.61 Å². The quantitative estimate of drug-likeness (QED) is 0.0228. The number of hydrogen-bond donors (Lipinski definition) is 3. The molecular formula is C61H106O12. The third kappa shape index (κ3) is 39.7. The number of carboxylic acid groups (broad SMARTS) is 1. The topological polar surface area (TPSA) is 175 Å². The number of carbonyl (C=O) groups excluding carboxylic acids is 3. The summed E-state index contributed by atoms with van der Waals surface area (Å²) in [6, 6.07) is 0. The van der Waals surface area contributed by atoms with Crippen LogP contribution in [0.15, 0.2) is 48.6 Å². The Morgan fingerprint density at radius 2 is 0.836 bits per heavy atom. The van der Waals surface area contributed by atoms with Crippen LogP contribution >= 0.6 is 0 Å². The molecular weight excluding hydrogens is 925 g/mol. The van der Waals surface area contributed by atoms with Gasteiger partial charge in [0.1, 0.15) is 18.8 Å². The van der Waals surface area contributed by atoms with Crippen LogP contribution in [0, 0.1) is 0 Å². The predicted octanol–water partition coefficient (Wildman–Crippen LogP) is 15.0. The molecule has 12 heteroatoms. The zero-order chi connectivity index (χ0) is 53.3. The number of aliphatic hydroxyl groups is 2. The van der Waals surface area contributed by atoms with Crippen LogP contribution in [-0.4, -0.2) is 89.2 Å². The van der Waals surface area contributed by atoms with E-state index < -0.39 is 67.3 Å². The molecule has 1 aliphatic rings. The molecule has 73 heavy (non-hydrogen) atoms. The van der Waals surface area contributed by atoms with E-state index in [2.05, 4.69) is 69.4 Å². The number of unbranched alkanes of at least 4 members (excludes halogenated alkanes) is 28. The molecule has 1 rings (SSSR count). The van der Waals surface area contributed by atoms with Gasteiger partial charge in [-0.1, -0.05) is 198 Å². The summed E-state index contributed by atoms with van der Waals surface area (Å²) in [7, 11) is 0. The van der Waals surface area contributed by atoms with Gasteiger partial charge in [-0.15, -0.1) is 0 Å². The normalized spacial score (nSPS) is 18.6. The monoisotopic (exact) mass is 1030 g/mol. The third-order valence-corrected chi connectivity index (χ3v) is 13.3. The fourth-order valence-corrected chi connectivity index (χ4v) is 8.73. The Morgan fingerprint density at radius 3 is 1.32 bits per heavy atom. The van der Waals surface area contributed by atoms with E-state index in [1.54, 1.807) is 0 Å². The van der Waals surface area contributed by atoms with Gasteiger partial charge in [0.15, 0.2) is 24.6 Å². The first-order valence-electron chi connectivity index (χ1n) is 29.6. The highest BCUT2D eigenvalue weighted by molar-refractivity contribution is 5.74. The van der Waals surface area contributed by atoms with Crippen LogP contribution in [0.1, 0.15) is 265 Å². The maximum atomic E-state index is 13.1. The largest absolute Gasteiger partial charge is 0.479 e. The van der Waals surface area contributed by atoms with Crippen LogP contribution in [-0.2, 0) is 42.9 Å². The lowest BCUT2D eigenvalue weighted by molar-refractivity contribution is -0.301. The van der Waals surface area contributed by atoms with Crippen molar-refractivity contribution in [2.75, 3.05) is 13.2 Å². The lowest BCUT2D eigenvalue weighted by Crippen LogP contribution is -2.61. The van der Waals surface area contributed by atoms with E-state index >= 15 is 0 Å². The highest BCUT2D eigenvalue weighted by Crippen LogP contribution is 2.26. The second-order valence-corrected chi connectivity index (χ2v) is 20.3. The molecule has 0 bridgehead atoms. The Bertz CT molecular complexity index is 1460. The number of esters is 3. The van der Waals surface area contributed by atoms with E-state index in [9.17, 15) is 34.5 Å². The van der Waals surface area contributed by atoms with Crippen LogP contribution in [0.4, 0.5) is 0 Å². The van der Waals surface area contributed by atoms with E-state index in [1.165, 1.54) is 96.3 Å². The summed E-state index contributed by atoms with van der Waals surface area (Å²) in [5.74, 6) is -3.13. The molecule has 1 heterocycles. The van der Waals surface area contributed by atoms with Gasteiger partial charge in [-0.3, -0.25) is 14.4 Å². The highest BCUT2D eigenvalue weighted by atomic mass is 16.7. The number of carboxylic acids is 1. The van der Waals surface area contributed by atoms with Gasteiger partial charge in [-0.2, -0.15) is 0 Å². The number of carbonyl (C=O) groups is 4. The maximum absolute atomic E-state index is 13.1. The molecule has 3 N–H and O–H groups in total. The van der Waals surface area contributed by atoms with E-state index in [0.29, 0.717) is 19.3 Å². The van der Waals surface area contributed by atoms with Gasteiger partial charge in [-0.25, -0.2) is 4.79 Å². The first kappa shape index (κ1) is 67.7. The number of aliphatic hydroxyl groups excluding tert-OH is 2. The summed E-state index contributed by atoms with van der Waals surface area (Å²) in [5, 5.41) is 31.4. The molecule has 0 spiro atoms. The van der Waals surface area contributed by atoms with Gasteiger partial charge in [0.2, 0.25) is 0 Å². The minimum absolute atomic E-state index is 0.0496. The molecule has 0 aromatic heterocycles. The van der Waals surface area contributed by atoms with Crippen molar-refractivity contribution in [3.63, 3.8) is 0 Å². The lowest BCUT2D eigenvalue weighted by Gasteiger charge is -2.40. The summed E-state index contributed by atoms with van der Waals surface area (Å²) in [6.07, 6.45) is 46.6. The number of hydrogen-bond acceptors (Lipinski definition) is 11. The van der Waals surface area contributed by atoms with Gasteiger partial charge in [-0.05, 0) is 96.3 Å². The standard InChI is InChI=1S/C61H106O12/c1-4-7-10-13-16-19-22-24-25-26-27-28-29-31-33-35-38-41-44-47-53(62)69-50-52(71-54(63)48-45-42-39-37-34-30-23-20-17-14-11-8-5-2)51-70-61-59(57(66)56(65)58(73-61)60(67)68)72-55(64)49-46-43-40-36-32-21-18-15-12-9-6-3/h15-16,18-20,23-25,52,56-59,61,65-66H,4-14,17,21-22,26-51H2,1-3H3,(H,67,68)/b18-15-,19-16-,23-20-,25-24-. The van der Waals surface area contributed by atoms with Crippen LogP contribution < -0.4 is 0 Å². The van der Waals surface area contributed by atoms with Gasteiger partial charge < -0.3 is 39.0 Å². The fraction of sp³-hybridized carbons (Fsp3) is 0.803. The minimum Gasteiger partial charge on any atom is -0.479 e. The van der Waals surface area contributed by atoms with Crippen LogP contribution in [0.3, 0.4) is 0 Å². The van der Waals surface area contributed by atoms with Crippen molar-refractivity contribution in [3.05, 3.63) is 48.6 Å². The zero-order valence-electron chi connectivity index (χ0n) is 46.4. The fourth-order valence-electron chi connectivity index (χ4n) is 8.73. The van der Waals surface area contributed by atoms with Gasteiger partial charge in [0, 0.05) is 19.3 Å². The smallest absolute Gasteiger partial charge is 0.335 e. The van der Waals surface area contributed by atoms with Crippen molar-refractivity contribution < 1.29 is 58.2 Å². The average Bonchev–Trinajstić information content (AvgIpc) is 3.37. The van der Waals surface area contributed by atoms with E-state index in [-0.39, 0.29) is 25.9 Å². The predicted molar refractivity (Wildman–Crippen MR) is 294 cm³/mol. The van der Waals surface area contributed by atoms with Crippen LogP contribution in [0.2, 0.25) is 0 Å². The first-order valence-corrected chi connectivity index (χ1v) is 29.6. The van der Waals surface area contributed by atoms with Crippen LogP contribution in [0.5, 0.6) is 0 Å². The van der Waals surface area contributed by atoms with Gasteiger partial charge >= 0.3 is 23.9 Å².